The molecular weight excluding hydrogens is 284 g/mol. The van der Waals surface area contributed by atoms with E-state index in [-0.39, 0.29) is 6.54 Å². The van der Waals surface area contributed by atoms with E-state index in [9.17, 15) is 13.9 Å². The van der Waals surface area contributed by atoms with Crippen molar-refractivity contribution in [2.24, 2.45) is 0 Å². The Labute approximate surface area is 129 Å². The molecule has 2 aromatic rings. The fraction of sp³-hybridized carbons (Fsp3) is 0.333. The smallest absolute Gasteiger partial charge is 0.159 e. The first-order valence-corrected chi connectivity index (χ1v) is 7.29. The maximum absolute atomic E-state index is 13.2. The maximum atomic E-state index is 13.2. The molecule has 118 valence electrons. The van der Waals surface area contributed by atoms with Gasteiger partial charge >= 0.3 is 0 Å². The Morgan fingerprint density at radius 2 is 1.64 bits per heavy atom. The van der Waals surface area contributed by atoms with Crippen LogP contribution in [0.5, 0.6) is 0 Å². The van der Waals surface area contributed by atoms with Crippen molar-refractivity contribution < 1.29 is 13.9 Å². The Balaban J connectivity index is 1.96. The number of aliphatic hydroxyl groups excluding tert-OH is 1. The molecular formula is C18H21F2NO. The normalized spacial score (nSPS) is 12.5. The van der Waals surface area contributed by atoms with Crippen molar-refractivity contribution in [3.63, 3.8) is 0 Å². The van der Waals surface area contributed by atoms with E-state index in [1.54, 1.807) is 0 Å². The van der Waals surface area contributed by atoms with Crippen molar-refractivity contribution in [2.75, 3.05) is 6.54 Å². The maximum Gasteiger partial charge on any atom is 0.159 e. The average Bonchev–Trinajstić information content (AvgIpc) is 2.47. The first kappa shape index (κ1) is 16.6. The molecule has 2 rings (SSSR count). The van der Waals surface area contributed by atoms with Crippen molar-refractivity contribution in [1.82, 2.24) is 5.32 Å². The largest absolute Gasteiger partial charge is 0.387 e. The van der Waals surface area contributed by atoms with Crippen molar-refractivity contribution in [3.05, 3.63) is 69.8 Å². The van der Waals surface area contributed by atoms with Crippen LogP contribution in [0.25, 0.3) is 0 Å². The van der Waals surface area contributed by atoms with E-state index in [1.807, 2.05) is 0 Å². The van der Waals surface area contributed by atoms with Gasteiger partial charge in [-0.2, -0.15) is 0 Å². The molecule has 0 bridgehead atoms. The molecule has 1 atom stereocenters. The van der Waals surface area contributed by atoms with Gasteiger partial charge in [-0.15, -0.1) is 0 Å². The highest BCUT2D eigenvalue weighted by Crippen LogP contribution is 2.17. The highest BCUT2D eigenvalue weighted by molar-refractivity contribution is 5.36. The summed E-state index contributed by atoms with van der Waals surface area (Å²) in [5.74, 6) is -1.85. The van der Waals surface area contributed by atoms with Crippen LogP contribution in [0.4, 0.5) is 8.78 Å². The third-order valence-corrected chi connectivity index (χ3v) is 3.93. The summed E-state index contributed by atoms with van der Waals surface area (Å²) in [6, 6.07) is 7.72. The van der Waals surface area contributed by atoms with Crippen LogP contribution in [0, 0.1) is 32.4 Å². The predicted molar refractivity (Wildman–Crippen MR) is 83.7 cm³/mol. The van der Waals surface area contributed by atoms with Crippen LogP contribution in [0.3, 0.4) is 0 Å². The second-order valence-corrected chi connectivity index (χ2v) is 5.68. The van der Waals surface area contributed by atoms with Gasteiger partial charge in [0.15, 0.2) is 11.6 Å². The Hall–Kier alpha value is -1.78. The molecule has 22 heavy (non-hydrogen) atoms. The van der Waals surface area contributed by atoms with Crippen LogP contribution in [0.2, 0.25) is 0 Å². The Bertz CT molecular complexity index is 670. The average molecular weight is 305 g/mol. The Morgan fingerprint density at radius 3 is 2.32 bits per heavy atom. The van der Waals surface area contributed by atoms with Gasteiger partial charge in [0, 0.05) is 13.1 Å². The van der Waals surface area contributed by atoms with Crippen molar-refractivity contribution in [2.45, 2.75) is 33.4 Å². The van der Waals surface area contributed by atoms with Crippen molar-refractivity contribution in [3.8, 4) is 0 Å². The lowest BCUT2D eigenvalue weighted by Gasteiger charge is -2.14. The molecule has 0 saturated carbocycles. The van der Waals surface area contributed by atoms with Gasteiger partial charge in [0.1, 0.15) is 0 Å². The van der Waals surface area contributed by atoms with E-state index in [2.05, 4.69) is 38.2 Å². The molecule has 1 unspecified atom stereocenters. The Kier molecular flexibility index (Phi) is 5.27. The zero-order chi connectivity index (χ0) is 16.3. The van der Waals surface area contributed by atoms with Crippen molar-refractivity contribution >= 4 is 0 Å². The standard InChI is InChI=1S/C18H21F2NO/c1-11-6-13(3)15(7-12(11)2)9-21-10-18(22)14-4-5-16(19)17(20)8-14/h4-8,18,21-22H,9-10H2,1-3H3. The molecule has 2 nitrogen and oxygen atoms in total. The lowest BCUT2D eigenvalue weighted by atomic mass is 10.0. The van der Waals surface area contributed by atoms with Gasteiger partial charge in [0.25, 0.3) is 0 Å². The summed E-state index contributed by atoms with van der Waals surface area (Å²) in [6.45, 7) is 7.08. The number of nitrogens with one attached hydrogen (secondary N) is 1. The zero-order valence-corrected chi connectivity index (χ0v) is 13.1. The summed E-state index contributed by atoms with van der Waals surface area (Å²) in [6.07, 6.45) is -0.873. The van der Waals surface area contributed by atoms with E-state index in [1.165, 1.54) is 28.3 Å². The lowest BCUT2D eigenvalue weighted by Crippen LogP contribution is -2.21. The van der Waals surface area contributed by atoms with Crippen LogP contribution >= 0.6 is 0 Å². The first-order chi connectivity index (χ1) is 10.4. The van der Waals surface area contributed by atoms with Gasteiger partial charge in [0.2, 0.25) is 0 Å². The molecule has 0 aliphatic rings. The van der Waals surface area contributed by atoms with Crippen LogP contribution in [-0.4, -0.2) is 11.7 Å². The minimum Gasteiger partial charge on any atom is -0.387 e. The second-order valence-electron chi connectivity index (χ2n) is 5.68. The molecule has 0 aliphatic carbocycles. The van der Waals surface area contributed by atoms with Gasteiger partial charge in [-0.25, -0.2) is 8.78 Å². The minimum absolute atomic E-state index is 0.275. The lowest BCUT2D eigenvalue weighted by molar-refractivity contribution is 0.173. The molecule has 0 radical (unpaired) electrons. The third-order valence-electron chi connectivity index (χ3n) is 3.93. The highest BCUT2D eigenvalue weighted by Gasteiger charge is 2.11. The van der Waals surface area contributed by atoms with E-state index in [0.29, 0.717) is 12.1 Å². The van der Waals surface area contributed by atoms with Gasteiger partial charge in [-0.3, -0.25) is 0 Å². The zero-order valence-electron chi connectivity index (χ0n) is 13.1. The molecule has 0 aliphatic heterocycles. The van der Waals surface area contributed by atoms with E-state index in [4.69, 9.17) is 0 Å². The van der Waals surface area contributed by atoms with E-state index < -0.39 is 17.7 Å². The topological polar surface area (TPSA) is 32.3 Å². The highest BCUT2D eigenvalue weighted by atomic mass is 19.2. The van der Waals surface area contributed by atoms with Crippen LogP contribution in [0.1, 0.15) is 33.9 Å². The quantitative estimate of drug-likeness (QED) is 0.882. The number of rotatable bonds is 5. The fourth-order valence-electron chi connectivity index (χ4n) is 2.39. The predicted octanol–water partition coefficient (Wildman–Crippen LogP) is 3.71. The molecule has 4 heteroatoms. The number of benzene rings is 2. The summed E-state index contributed by atoms with van der Waals surface area (Å²) in [5, 5.41) is 13.2. The number of hydrogen-bond acceptors (Lipinski definition) is 2. The number of halogens is 2. The Morgan fingerprint density at radius 1 is 0.955 bits per heavy atom. The van der Waals surface area contributed by atoms with E-state index in [0.717, 1.165) is 12.1 Å². The molecule has 2 aromatic carbocycles. The third kappa shape index (κ3) is 3.90. The molecule has 0 spiro atoms. The van der Waals surface area contributed by atoms with Gasteiger partial charge in [0.05, 0.1) is 6.10 Å². The molecule has 0 heterocycles. The van der Waals surface area contributed by atoms with Gasteiger partial charge in [-0.05, 0) is 60.7 Å². The summed E-state index contributed by atoms with van der Waals surface area (Å²) in [4.78, 5) is 0. The SMILES string of the molecule is Cc1cc(C)c(CNCC(O)c2ccc(F)c(F)c2)cc1C. The summed E-state index contributed by atoms with van der Waals surface area (Å²) >= 11 is 0. The van der Waals surface area contributed by atoms with Crippen molar-refractivity contribution in [1.29, 1.82) is 0 Å². The summed E-state index contributed by atoms with van der Waals surface area (Å²) < 4.78 is 26.0. The monoisotopic (exact) mass is 305 g/mol. The van der Waals surface area contributed by atoms with Crippen LogP contribution in [-0.2, 0) is 6.54 Å². The van der Waals surface area contributed by atoms with Gasteiger partial charge in [-0.1, -0.05) is 18.2 Å². The first-order valence-electron chi connectivity index (χ1n) is 7.29. The number of aliphatic hydroxyl groups is 1. The molecule has 2 N–H and O–H groups in total. The molecule has 0 aromatic heterocycles. The summed E-state index contributed by atoms with van der Waals surface area (Å²) in [7, 11) is 0. The second kappa shape index (κ2) is 6.99. The molecule has 0 fully saturated rings. The van der Waals surface area contributed by atoms with Crippen LogP contribution < -0.4 is 5.32 Å². The van der Waals surface area contributed by atoms with Crippen LogP contribution in [0.15, 0.2) is 30.3 Å². The van der Waals surface area contributed by atoms with E-state index >= 15 is 0 Å². The molecule has 0 saturated heterocycles. The van der Waals surface area contributed by atoms with Gasteiger partial charge < -0.3 is 10.4 Å². The molecule has 0 amide bonds. The fourth-order valence-corrected chi connectivity index (χ4v) is 2.39. The minimum atomic E-state index is -0.943. The number of aryl methyl sites for hydroxylation is 3. The number of hydrogen-bond donors (Lipinski definition) is 2. The summed E-state index contributed by atoms with van der Waals surface area (Å²) in [5.41, 5.74) is 5.20.